The SMILES string of the molecule is CC1CN(c2ccc(CO)c(Cl)c2)CC(C)N1C. The maximum absolute atomic E-state index is 9.13. The summed E-state index contributed by atoms with van der Waals surface area (Å²) in [6, 6.07) is 6.97. The molecule has 18 heavy (non-hydrogen) atoms. The van der Waals surface area contributed by atoms with Gasteiger partial charge in [-0.1, -0.05) is 17.7 Å². The van der Waals surface area contributed by atoms with Gasteiger partial charge in [0.05, 0.1) is 6.61 Å². The zero-order valence-electron chi connectivity index (χ0n) is 11.2. The molecule has 0 aliphatic carbocycles. The van der Waals surface area contributed by atoms with E-state index in [0.29, 0.717) is 17.1 Å². The lowest BCUT2D eigenvalue weighted by atomic mass is 10.1. The maximum Gasteiger partial charge on any atom is 0.0696 e. The maximum atomic E-state index is 9.13. The summed E-state index contributed by atoms with van der Waals surface area (Å²) >= 11 is 6.15. The summed E-state index contributed by atoms with van der Waals surface area (Å²) in [7, 11) is 2.18. The minimum Gasteiger partial charge on any atom is -0.392 e. The van der Waals surface area contributed by atoms with Gasteiger partial charge in [0.1, 0.15) is 0 Å². The third-order valence-corrected chi connectivity index (χ3v) is 4.28. The fourth-order valence-electron chi connectivity index (χ4n) is 2.48. The van der Waals surface area contributed by atoms with Crippen molar-refractivity contribution in [3.05, 3.63) is 28.8 Å². The Hall–Kier alpha value is -0.770. The number of rotatable bonds is 2. The smallest absolute Gasteiger partial charge is 0.0696 e. The Bertz CT molecular complexity index is 412. The molecule has 0 bridgehead atoms. The van der Waals surface area contributed by atoms with Gasteiger partial charge in [-0.2, -0.15) is 0 Å². The van der Waals surface area contributed by atoms with E-state index in [9.17, 15) is 0 Å². The molecule has 1 aromatic rings. The Morgan fingerprint density at radius 1 is 1.28 bits per heavy atom. The van der Waals surface area contributed by atoms with Crippen molar-refractivity contribution >= 4 is 17.3 Å². The van der Waals surface area contributed by atoms with Gasteiger partial charge >= 0.3 is 0 Å². The Balaban J connectivity index is 2.19. The highest BCUT2D eigenvalue weighted by Crippen LogP contribution is 2.26. The normalized spacial score (nSPS) is 25.5. The van der Waals surface area contributed by atoms with Crippen LogP contribution in [0.5, 0.6) is 0 Å². The van der Waals surface area contributed by atoms with Gasteiger partial charge in [0.25, 0.3) is 0 Å². The zero-order chi connectivity index (χ0) is 13.3. The Morgan fingerprint density at radius 2 is 1.89 bits per heavy atom. The molecule has 0 amide bonds. The van der Waals surface area contributed by atoms with E-state index in [1.165, 1.54) is 0 Å². The lowest BCUT2D eigenvalue weighted by Gasteiger charge is -2.43. The molecule has 2 atom stereocenters. The summed E-state index contributed by atoms with van der Waals surface area (Å²) in [6.45, 7) is 6.50. The molecule has 1 aliphatic rings. The third-order valence-electron chi connectivity index (χ3n) is 3.93. The quantitative estimate of drug-likeness (QED) is 0.892. The van der Waals surface area contributed by atoms with E-state index in [1.807, 2.05) is 18.2 Å². The molecule has 0 aromatic heterocycles. The zero-order valence-corrected chi connectivity index (χ0v) is 12.0. The standard InChI is InChI=1S/C14H21ClN2O/c1-10-7-17(8-11(2)16(10)3)13-5-4-12(9-18)14(15)6-13/h4-6,10-11,18H,7-9H2,1-3H3. The minimum atomic E-state index is -0.00530. The van der Waals surface area contributed by atoms with E-state index in [4.69, 9.17) is 16.7 Å². The average molecular weight is 269 g/mol. The number of anilines is 1. The first-order chi connectivity index (χ1) is 8.52. The number of aliphatic hydroxyl groups is 1. The van der Waals surface area contributed by atoms with Gasteiger partial charge in [-0.3, -0.25) is 4.90 Å². The number of piperazine rings is 1. The number of aliphatic hydroxyl groups excluding tert-OH is 1. The lowest BCUT2D eigenvalue weighted by molar-refractivity contribution is 0.170. The minimum absolute atomic E-state index is 0.00530. The molecule has 1 aromatic carbocycles. The van der Waals surface area contributed by atoms with Crippen LogP contribution in [0.25, 0.3) is 0 Å². The monoisotopic (exact) mass is 268 g/mol. The average Bonchev–Trinajstić information content (AvgIpc) is 2.35. The van der Waals surface area contributed by atoms with Crippen LogP contribution in [0.1, 0.15) is 19.4 Å². The van der Waals surface area contributed by atoms with E-state index in [1.54, 1.807) is 0 Å². The summed E-state index contributed by atoms with van der Waals surface area (Å²) in [5.41, 5.74) is 1.93. The van der Waals surface area contributed by atoms with Gasteiger partial charge < -0.3 is 10.0 Å². The Labute approximate surface area is 114 Å². The first-order valence-corrected chi connectivity index (χ1v) is 6.77. The second kappa shape index (κ2) is 5.47. The number of halogens is 1. The summed E-state index contributed by atoms with van der Waals surface area (Å²) < 4.78 is 0. The molecule has 0 saturated carbocycles. The molecule has 1 fully saturated rings. The van der Waals surface area contributed by atoms with E-state index >= 15 is 0 Å². The van der Waals surface area contributed by atoms with Crippen molar-refractivity contribution in [3.8, 4) is 0 Å². The molecule has 1 N–H and O–H groups in total. The fourth-order valence-corrected chi connectivity index (χ4v) is 2.71. The van der Waals surface area contributed by atoms with Gasteiger partial charge in [0.2, 0.25) is 0 Å². The number of likely N-dealkylation sites (N-methyl/N-ethyl adjacent to an activating group) is 1. The third kappa shape index (κ3) is 2.63. The van der Waals surface area contributed by atoms with Gasteiger partial charge in [-0.25, -0.2) is 0 Å². The van der Waals surface area contributed by atoms with Crippen LogP contribution in [0.4, 0.5) is 5.69 Å². The molecule has 1 aliphatic heterocycles. The van der Waals surface area contributed by atoms with E-state index in [-0.39, 0.29) is 6.61 Å². The molecule has 1 heterocycles. The van der Waals surface area contributed by atoms with E-state index < -0.39 is 0 Å². The molecule has 4 heteroatoms. The van der Waals surface area contributed by atoms with Crippen LogP contribution in [-0.4, -0.2) is 42.2 Å². The highest BCUT2D eigenvalue weighted by atomic mass is 35.5. The fraction of sp³-hybridized carbons (Fsp3) is 0.571. The second-order valence-electron chi connectivity index (χ2n) is 5.20. The molecular formula is C14H21ClN2O. The van der Waals surface area contributed by atoms with Gasteiger partial charge in [-0.05, 0) is 38.6 Å². The van der Waals surface area contributed by atoms with Crippen LogP contribution in [0, 0.1) is 0 Å². The molecule has 0 spiro atoms. The number of benzene rings is 1. The van der Waals surface area contributed by atoms with Crippen molar-refractivity contribution < 1.29 is 5.11 Å². The first-order valence-electron chi connectivity index (χ1n) is 6.39. The van der Waals surface area contributed by atoms with Crippen molar-refractivity contribution in [3.63, 3.8) is 0 Å². The van der Waals surface area contributed by atoms with Crippen molar-refractivity contribution in [2.45, 2.75) is 32.5 Å². The van der Waals surface area contributed by atoms with Crippen LogP contribution in [0.2, 0.25) is 5.02 Å². The van der Waals surface area contributed by atoms with Gasteiger partial charge in [0, 0.05) is 35.9 Å². The number of hydrogen-bond donors (Lipinski definition) is 1. The lowest BCUT2D eigenvalue weighted by Crippen LogP contribution is -2.55. The molecule has 0 radical (unpaired) electrons. The van der Waals surface area contributed by atoms with Crippen LogP contribution in [0.3, 0.4) is 0 Å². The topological polar surface area (TPSA) is 26.7 Å². The molecule has 3 nitrogen and oxygen atoms in total. The van der Waals surface area contributed by atoms with Gasteiger partial charge in [0.15, 0.2) is 0 Å². The van der Waals surface area contributed by atoms with Crippen molar-refractivity contribution in [2.75, 3.05) is 25.0 Å². The van der Waals surface area contributed by atoms with E-state index in [0.717, 1.165) is 24.3 Å². The molecule has 2 unspecified atom stereocenters. The molecule has 100 valence electrons. The van der Waals surface area contributed by atoms with Crippen LogP contribution in [0.15, 0.2) is 18.2 Å². The number of hydrogen-bond acceptors (Lipinski definition) is 3. The Morgan fingerprint density at radius 3 is 2.39 bits per heavy atom. The van der Waals surface area contributed by atoms with Crippen molar-refractivity contribution in [2.24, 2.45) is 0 Å². The molecular weight excluding hydrogens is 248 g/mol. The van der Waals surface area contributed by atoms with Crippen LogP contribution < -0.4 is 4.90 Å². The van der Waals surface area contributed by atoms with Gasteiger partial charge in [-0.15, -0.1) is 0 Å². The molecule has 2 rings (SSSR count). The first kappa shape index (κ1) is 13.7. The second-order valence-corrected chi connectivity index (χ2v) is 5.61. The summed E-state index contributed by atoms with van der Waals surface area (Å²) in [4.78, 5) is 4.77. The molecule has 1 saturated heterocycles. The predicted molar refractivity (Wildman–Crippen MR) is 76.3 cm³/mol. The Kier molecular flexibility index (Phi) is 4.15. The van der Waals surface area contributed by atoms with Crippen LogP contribution >= 0.6 is 11.6 Å². The highest BCUT2D eigenvalue weighted by Gasteiger charge is 2.26. The van der Waals surface area contributed by atoms with Crippen LogP contribution in [-0.2, 0) is 6.61 Å². The summed E-state index contributed by atoms with van der Waals surface area (Å²) in [5.74, 6) is 0. The van der Waals surface area contributed by atoms with E-state index in [2.05, 4.69) is 30.7 Å². The largest absolute Gasteiger partial charge is 0.392 e. The van der Waals surface area contributed by atoms with Crippen molar-refractivity contribution in [1.82, 2.24) is 4.90 Å². The predicted octanol–water partition coefficient (Wildman–Crippen LogP) is 2.36. The van der Waals surface area contributed by atoms with Crippen molar-refractivity contribution in [1.29, 1.82) is 0 Å². The number of nitrogens with zero attached hydrogens (tertiary/aromatic N) is 2. The summed E-state index contributed by atoms with van der Waals surface area (Å²) in [6.07, 6.45) is 0. The summed E-state index contributed by atoms with van der Waals surface area (Å²) in [5, 5.41) is 9.78. The highest BCUT2D eigenvalue weighted by molar-refractivity contribution is 6.31.